The second-order valence-corrected chi connectivity index (χ2v) is 4.52. The molecule has 0 aliphatic heterocycles. The molecule has 0 aliphatic rings. The summed E-state index contributed by atoms with van der Waals surface area (Å²) in [6, 6.07) is 0. The Balaban J connectivity index is 4.26. The summed E-state index contributed by atoms with van der Waals surface area (Å²) in [6.45, 7) is 6.04. The highest BCUT2D eigenvalue weighted by Crippen LogP contribution is 2.04. The van der Waals surface area contributed by atoms with Crippen molar-refractivity contribution in [3.63, 3.8) is 0 Å². The zero-order chi connectivity index (χ0) is 12.7. The number of primary amides is 1. The summed E-state index contributed by atoms with van der Waals surface area (Å²) in [5.74, 6) is -0.353. The van der Waals surface area contributed by atoms with Crippen molar-refractivity contribution in [2.45, 2.75) is 39.7 Å². The van der Waals surface area contributed by atoms with Crippen molar-refractivity contribution >= 4 is 11.8 Å². The van der Waals surface area contributed by atoms with Gasteiger partial charge in [0.25, 0.3) is 0 Å². The standard InChI is InChI=1S/C11H22N2O3/c1-8(2)6-13(7-10(12)15)11(16)5-4-9(3)14/h8-9,14H,4-7H2,1-3H3,(H2,12,15). The van der Waals surface area contributed by atoms with E-state index in [9.17, 15) is 9.59 Å². The van der Waals surface area contributed by atoms with Crippen LogP contribution in [0.25, 0.3) is 0 Å². The molecule has 0 aromatic carbocycles. The molecule has 0 aromatic rings. The molecule has 3 N–H and O–H groups in total. The average Bonchev–Trinajstić information content (AvgIpc) is 2.11. The minimum absolute atomic E-state index is 0.0448. The number of carbonyl (C=O) groups is 2. The van der Waals surface area contributed by atoms with Crippen molar-refractivity contribution in [3.05, 3.63) is 0 Å². The molecule has 1 atom stereocenters. The molecule has 0 saturated heterocycles. The van der Waals surface area contributed by atoms with Crippen molar-refractivity contribution in [1.29, 1.82) is 0 Å². The van der Waals surface area contributed by atoms with Crippen LogP contribution in [0.1, 0.15) is 33.6 Å². The molecule has 0 spiro atoms. The fraction of sp³-hybridized carbons (Fsp3) is 0.818. The molecule has 0 aromatic heterocycles. The molecule has 2 amide bonds. The molecular weight excluding hydrogens is 208 g/mol. The quantitative estimate of drug-likeness (QED) is 0.651. The number of rotatable bonds is 7. The highest BCUT2D eigenvalue weighted by molar-refractivity contribution is 5.83. The van der Waals surface area contributed by atoms with E-state index in [0.717, 1.165) is 0 Å². The van der Waals surface area contributed by atoms with E-state index in [4.69, 9.17) is 10.8 Å². The van der Waals surface area contributed by atoms with E-state index < -0.39 is 12.0 Å². The van der Waals surface area contributed by atoms with Crippen LogP contribution in [0.4, 0.5) is 0 Å². The smallest absolute Gasteiger partial charge is 0.237 e. The first-order chi connectivity index (χ1) is 7.32. The fourth-order valence-electron chi connectivity index (χ4n) is 1.37. The van der Waals surface area contributed by atoms with Gasteiger partial charge in [0, 0.05) is 13.0 Å². The summed E-state index contributed by atoms with van der Waals surface area (Å²) in [6.07, 6.45) is 0.155. The van der Waals surface area contributed by atoms with Gasteiger partial charge in [-0.05, 0) is 19.3 Å². The van der Waals surface area contributed by atoms with Crippen LogP contribution in [0, 0.1) is 5.92 Å². The van der Waals surface area contributed by atoms with E-state index in [-0.39, 0.29) is 24.8 Å². The number of aliphatic hydroxyl groups is 1. The third-order valence-corrected chi connectivity index (χ3v) is 2.06. The van der Waals surface area contributed by atoms with E-state index in [0.29, 0.717) is 13.0 Å². The van der Waals surface area contributed by atoms with Crippen LogP contribution in [0.5, 0.6) is 0 Å². The number of aliphatic hydroxyl groups excluding tert-OH is 1. The van der Waals surface area contributed by atoms with Gasteiger partial charge in [-0.2, -0.15) is 0 Å². The van der Waals surface area contributed by atoms with Crippen LogP contribution >= 0.6 is 0 Å². The maximum atomic E-state index is 11.7. The van der Waals surface area contributed by atoms with Gasteiger partial charge in [-0.1, -0.05) is 13.8 Å². The number of carbonyl (C=O) groups excluding carboxylic acids is 2. The molecule has 5 nitrogen and oxygen atoms in total. The van der Waals surface area contributed by atoms with E-state index in [2.05, 4.69) is 0 Å². The Labute approximate surface area is 96.6 Å². The first-order valence-corrected chi connectivity index (χ1v) is 5.57. The predicted octanol–water partition coefficient (Wildman–Crippen LogP) is 0.117. The first kappa shape index (κ1) is 14.9. The minimum atomic E-state index is -0.508. The zero-order valence-corrected chi connectivity index (χ0v) is 10.3. The van der Waals surface area contributed by atoms with Gasteiger partial charge in [0.05, 0.1) is 12.6 Å². The lowest BCUT2D eigenvalue weighted by molar-refractivity contribution is -0.136. The van der Waals surface area contributed by atoms with Gasteiger partial charge in [-0.15, -0.1) is 0 Å². The van der Waals surface area contributed by atoms with Gasteiger partial charge >= 0.3 is 0 Å². The lowest BCUT2D eigenvalue weighted by Gasteiger charge is -2.23. The van der Waals surface area contributed by atoms with Crippen LogP contribution in [0.15, 0.2) is 0 Å². The molecule has 5 heteroatoms. The van der Waals surface area contributed by atoms with E-state index >= 15 is 0 Å². The Morgan fingerprint density at radius 1 is 1.31 bits per heavy atom. The Kier molecular flexibility index (Phi) is 6.72. The largest absolute Gasteiger partial charge is 0.393 e. The summed E-state index contributed by atoms with van der Waals surface area (Å²) in [5.41, 5.74) is 5.08. The summed E-state index contributed by atoms with van der Waals surface area (Å²) in [4.78, 5) is 24.0. The van der Waals surface area contributed by atoms with Crippen LogP contribution in [-0.4, -0.2) is 41.0 Å². The van der Waals surface area contributed by atoms with Crippen molar-refractivity contribution in [2.75, 3.05) is 13.1 Å². The zero-order valence-electron chi connectivity index (χ0n) is 10.3. The number of amides is 2. The van der Waals surface area contributed by atoms with Crippen molar-refractivity contribution < 1.29 is 14.7 Å². The fourth-order valence-corrected chi connectivity index (χ4v) is 1.37. The van der Waals surface area contributed by atoms with Crippen molar-refractivity contribution in [1.82, 2.24) is 4.90 Å². The Bertz CT molecular complexity index is 239. The normalized spacial score (nSPS) is 12.6. The maximum Gasteiger partial charge on any atom is 0.237 e. The van der Waals surface area contributed by atoms with Gasteiger partial charge in [-0.25, -0.2) is 0 Å². The number of hydrogen-bond acceptors (Lipinski definition) is 3. The molecule has 0 fully saturated rings. The highest BCUT2D eigenvalue weighted by atomic mass is 16.3. The predicted molar refractivity (Wildman–Crippen MR) is 61.5 cm³/mol. The van der Waals surface area contributed by atoms with E-state index in [1.807, 2.05) is 13.8 Å². The van der Waals surface area contributed by atoms with Crippen molar-refractivity contribution in [3.8, 4) is 0 Å². The van der Waals surface area contributed by atoms with Gasteiger partial charge in [0.15, 0.2) is 0 Å². The molecule has 0 heterocycles. The second kappa shape index (κ2) is 7.22. The third kappa shape index (κ3) is 7.23. The van der Waals surface area contributed by atoms with E-state index in [1.165, 1.54) is 4.90 Å². The Morgan fingerprint density at radius 3 is 2.25 bits per heavy atom. The Hall–Kier alpha value is -1.10. The molecule has 1 unspecified atom stereocenters. The van der Waals surface area contributed by atoms with Crippen molar-refractivity contribution in [2.24, 2.45) is 11.7 Å². The molecule has 0 saturated carbocycles. The van der Waals surface area contributed by atoms with Crippen LogP contribution in [-0.2, 0) is 9.59 Å². The van der Waals surface area contributed by atoms with Gasteiger partial charge in [0.1, 0.15) is 0 Å². The number of hydrogen-bond donors (Lipinski definition) is 2. The van der Waals surface area contributed by atoms with Gasteiger partial charge in [0.2, 0.25) is 11.8 Å². The second-order valence-electron chi connectivity index (χ2n) is 4.52. The van der Waals surface area contributed by atoms with Gasteiger partial charge < -0.3 is 15.7 Å². The maximum absolute atomic E-state index is 11.7. The number of nitrogens with two attached hydrogens (primary N) is 1. The van der Waals surface area contributed by atoms with Gasteiger partial charge in [-0.3, -0.25) is 9.59 Å². The molecule has 0 aliphatic carbocycles. The third-order valence-electron chi connectivity index (χ3n) is 2.06. The number of nitrogens with zero attached hydrogens (tertiary/aromatic N) is 1. The monoisotopic (exact) mass is 230 g/mol. The summed E-state index contributed by atoms with van der Waals surface area (Å²) >= 11 is 0. The first-order valence-electron chi connectivity index (χ1n) is 5.57. The highest BCUT2D eigenvalue weighted by Gasteiger charge is 2.17. The van der Waals surface area contributed by atoms with Crippen LogP contribution < -0.4 is 5.73 Å². The summed E-state index contributed by atoms with van der Waals surface area (Å²) in [7, 11) is 0. The average molecular weight is 230 g/mol. The van der Waals surface area contributed by atoms with E-state index in [1.54, 1.807) is 6.92 Å². The Morgan fingerprint density at radius 2 is 1.88 bits per heavy atom. The minimum Gasteiger partial charge on any atom is -0.393 e. The molecule has 0 bridgehead atoms. The lowest BCUT2D eigenvalue weighted by atomic mass is 10.1. The lowest BCUT2D eigenvalue weighted by Crippen LogP contribution is -2.40. The molecule has 16 heavy (non-hydrogen) atoms. The molecule has 0 radical (unpaired) electrons. The molecular formula is C11H22N2O3. The molecule has 0 rings (SSSR count). The van der Waals surface area contributed by atoms with Crippen LogP contribution in [0.2, 0.25) is 0 Å². The molecule has 94 valence electrons. The topological polar surface area (TPSA) is 83.6 Å². The summed E-state index contributed by atoms with van der Waals surface area (Å²) in [5, 5.41) is 9.08. The SMILES string of the molecule is CC(C)CN(CC(N)=O)C(=O)CCC(C)O. The van der Waals surface area contributed by atoms with Crippen LogP contribution in [0.3, 0.4) is 0 Å². The summed E-state index contributed by atoms with van der Waals surface area (Å²) < 4.78 is 0.